The van der Waals surface area contributed by atoms with Gasteiger partial charge in [-0.1, -0.05) is 0 Å². The summed E-state index contributed by atoms with van der Waals surface area (Å²) in [7, 11) is 2.79. The van der Waals surface area contributed by atoms with Crippen LogP contribution in [0.25, 0.3) is 0 Å². The van der Waals surface area contributed by atoms with Crippen molar-refractivity contribution in [2.24, 2.45) is 0 Å². The number of nitrogens with zero attached hydrogens (tertiary/aromatic N) is 4. The molecular weight excluding hydrogens is 291 g/mol. The number of hydrogen-bond donors (Lipinski definition) is 1. The Morgan fingerprint density at radius 1 is 1.33 bits per heavy atom. The number of alkyl halides is 3. The minimum atomic E-state index is -4.59. The quantitative estimate of drug-likeness (QED) is 0.826. The van der Waals surface area contributed by atoms with Gasteiger partial charge in [0.15, 0.2) is 0 Å². The molecule has 118 valence electrons. The van der Waals surface area contributed by atoms with Crippen molar-refractivity contribution in [2.75, 3.05) is 32.9 Å². The molecule has 0 spiro atoms. The van der Waals surface area contributed by atoms with Crippen LogP contribution in [0.5, 0.6) is 0 Å². The molecule has 1 aromatic rings. The van der Waals surface area contributed by atoms with E-state index in [0.717, 1.165) is 9.58 Å². The number of amides is 2. The molecule has 0 saturated carbocycles. The minimum absolute atomic E-state index is 0.287. The van der Waals surface area contributed by atoms with Gasteiger partial charge >= 0.3 is 6.18 Å². The van der Waals surface area contributed by atoms with Gasteiger partial charge in [0.2, 0.25) is 11.8 Å². The number of halogens is 3. The molecule has 1 heterocycles. The summed E-state index contributed by atoms with van der Waals surface area (Å²) in [6.45, 7) is -2.57. The Kier molecular flexibility index (Phi) is 5.17. The summed E-state index contributed by atoms with van der Waals surface area (Å²) in [5, 5.41) is 3.72. The Morgan fingerprint density at radius 2 is 1.95 bits per heavy atom. The van der Waals surface area contributed by atoms with E-state index >= 15 is 0 Å². The molecule has 2 amide bonds. The monoisotopic (exact) mass is 307 g/mol. The van der Waals surface area contributed by atoms with Crippen molar-refractivity contribution in [3.05, 3.63) is 12.4 Å². The molecule has 0 fully saturated rings. The van der Waals surface area contributed by atoms with Gasteiger partial charge in [-0.25, -0.2) is 0 Å². The highest BCUT2D eigenvalue weighted by molar-refractivity contribution is 5.84. The standard InChI is InChI=1S/C11H16F3N5O2/c1-17(2)9(20)5-18(7-11(12,13)14)10(21)6-19-4-8(15)3-16-19/h3-4H,5-7,15H2,1-2H3. The molecule has 0 unspecified atom stereocenters. The van der Waals surface area contributed by atoms with E-state index in [1.807, 2.05) is 0 Å². The number of carbonyl (C=O) groups excluding carboxylic acids is 2. The predicted molar refractivity (Wildman–Crippen MR) is 68.0 cm³/mol. The molecule has 1 aromatic heterocycles. The number of nitrogens with two attached hydrogens (primary N) is 1. The topological polar surface area (TPSA) is 84.5 Å². The van der Waals surface area contributed by atoms with Crippen molar-refractivity contribution < 1.29 is 22.8 Å². The largest absolute Gasteiger partial charge is 0.406 e. The van der Waals surface area contributed by atoms with Gasteiger partial charge in [-0.3, -0.25) is 14.3 Å². The molecule has 0 aliphatic heterocycles. The Morgan fingerprint density at radius 3 is 2.38 bits per heavy atom. The molecule has 0 aromatic carbocycles. The molecule has 7 nitrogen and oxygen atoms in total. The van der Waals surface area contributed by atoms with Gasteiger partial charge < -0.3 is 15.5 Å². The summed E-state index contributed by atoms with van der Waals surface area (Å²) in [5.74, 6) is -1.47. The lowest BCUT2D eigenvalue weighted by Crippen LogP contribution is -2.46. The van der Waals surface area contributed by atoms with Gasteiger partial charge in [0.05, 0.1) is 11.9 Å². The minimum Gasteiger partial charge on any atom is -0.396 e. The molecule has 0 saturated heterocycles. The van der Waals surface area contributed by atoms with Gasteiger partial charge in [0.25, 0.3) is 0 Å². The van der Waals surface area contributed by atoms with Crippen LogP contribution >= 0.6 is 0 Å². The molecule has 1 rings (SSSR count). The van der Waals surface area contributed by atoms with Crippen LogP contribution < -0.4 is 5.73 Å². The first-order valence-corrected chi connectivity index (χ1v) is 5.91. The summed E-state index contributed by atoms with van der Waals surface area (Å²) in [5.41, 5.74) is 5.69. The zero-order chi connectivity index (χ0) is 16.2. The molecule has 0 atom stereocenters. The lowest BCUT2D eigenvalue weighted by molar-refractivity contribution is -0.164. The average molecular weight is 307 g/mol. The second-order valence-electron chi connectivity index (χ2n) is 4.62. The number of aromatic nitrogens is 2. The van der Waals surface area contributed by atoms with E-state index in [9.17, 15) is 22.8 Å². The maximum absolute atomic E-state index is 12.5. The smallest absolute Gasteiger partial charge is 0.396 e. The molecule has 21 heavy (non-hydrogen) atoms. The number of hydrogen-bond acceptors (Lipinski definition) is 4. The van der Waals surface area contributed by atoms with Crippen LogP contribution in [0.2, 0.25) is 0 Å². The second kappa shape index (κ2) is 6.46. The Labute approximate surface area is 119 Å². The number of likely N-dealkylation sites (N-methyl/N-ethyl adjacent to an activating group) is 1. The van der Waals surface area contributed by atoms with Crippen LogP contribution in [0, 0.1) is 0 Å². The van der Waals surface area contributed by atoms with E-state index in [1.54, 1.807) is 0 Å². The number of rotatable bonds is 5. The summed E-state index contributed by atoms with van der Waals surface area (Å²) in [6.07, 6.45) is -2.00. The molecule has 0 aliphatic carbocycles. The SMILES string of the molecule is CN(C)C(=O)CN(CC(F)(F)F)C(=O)Cn1cc(N)cn1. The fourth-order valence-corrected chi connectivity index (χ4v) is 1.46. The first-order chi connectivity index (χ1) is 9.58. The van der Waals surface area contributed by atoms with Crippen molar-refractivity contribution in [2.45, 2.75) is 12.7 Å². The second-order valence-corrected chi connectivity index (χ2v) is 4.62. The van der Waals surface area contributed by atoms with Crippen LogP contribution in [0.15, 0.2) is 12.4 Å². The first-order valence-electron chi connectivity index (χ1n) is 5.91. The Balaban J connectivity index is 2.79. The number of nitrogen functional groups attached to an aromatic ring is 1. The summed E-state index contributed by atoms with van der Waals surface area (Å²) >= 11 is 0. The van der Waals surface area contributed by atoms with Crippen molar-refractivity contribution >= 4 is 17.5 Å². The van der Waals surface area contributed by atoms with Crippen LogP contribution in [0.1, 0.15) is 0 Å². The average Bonchev–Trinajstić information content (AvgIpc) is 2.71. The molecule has 0 bridgehead atoms. The number of carbonyl (C=O) groups is 2. The van der Waals surface area contributed by atoms with Gasteiger partial charge in [-0.2, -0.15) is 18.3 Å². The van der Waals surface area contributed by atoms with Gasteiger partial charge in [-0.15, -0.1) is 0 Å². The number of anilines is 1. The molecule has 10 heteroatoms. The van der Waals surface area contributed by atoms with Crippen LogP contribution in [0.3, 0.4) is 0 Å². The lowest BCUT2D eigenvalue weighted by atomic mass is 10.4. The van der Waals surface area contributed by atoms with Crippen LogP contribution in [-0.4, -0.2) is 64.8 Å². The molecule has 0 radical (unpaired) electrons. The van der Waals surface area contributed by atoms with Crippen molar-refractivity contribution in [1.82, 2.24) is 19.6 Å². The van der Waals surface area contributed by atoms with Gasteiger partial charge in [0.1, 0.15) is 19.6 Å². The third-order valence-electron chi connectivity index (χ3n) is 2.50. The van der Waals surface area contributed by atoms with Crippen molar-refractivity contribution in [1.29, 1.82) is 0 Å². The highest BCUT2D eigenvalue weighted by atomic mass is 19.4. The fraction of sp³-hybridized carbons (Fsp3) is 0.545. The zero-order valence-corrected chi connectivity index (χ0v) is 11.6. The van der Waals surface area contributed by atoms with Crippen molar-refractivity contribution in [3.8, 4) is 0 Å². The Bertz CT molecular complexity index is 512. The third kappa shape index (κ3) is 5.71. The van der Waals surface area contributed by atoms with E-state index in [4.69, 9.17) is 5.73 Å². The fourth-order valence-electron chi connectivity index (χ4n) is 1.46. The maximum atomic E-state index is 12.5. The van der Waals surface area contributed by atoms with Crippen LogP contribution in [0.4, 0.5) is 18.9 Å². The van der Waals surface area contributed by atoms with E-state index in [1.165, 1.54) is 26.5 Å². The summed E-state index contributed by atoms with van der Waals surface area (Å²) < 4.78 is 38.6. The van der Waals surface area contributed by atoms with E-state index in [0.29, 0.717) is 4.90 Å². The predicted octanol–water partition coefficient (Wildman–Crippen LogP) is -0.0556. The van der Waals surface area contributed by atoms with Gasteiger partial charge in [-0.05, 0) is 0 Å². The maximum Gasteiger partial charge on any atom is 0.406 e. The molecular formula is C11H16F3N5O2. The Hall–Kier alpha value is -2.26. The first kappa shape index (κ1) is 16.8. The molecule has 0 aliphatic rings. The van der Waals surface area contributed by atoms with E-state index in [2.05, 4.69) is 5.10 Å². The third-order valence-corrected chi connectivity index (χ3v) is 2.50. The highest BCUT2D eigenvalue weighted by Gasteiger charge is 2.34. The summed E-state index contributed by atoms with van der Waals surface area (Å²) in [4.78, 5) is 25.0. The zero-order valence-electron chi connectivity index (χ0n) is 11.6. The van der Waals surface area contributed by atoms with E-state index in [-0.39, 0.29) is 5.69 Å². The molecule has 2 N–H and O–H groups in total. The normalized spacial score (nSPS) is 11.3. The van der Waals surface area contributed by atoms with Crippen LogP contribution in [-0.2, 0) is 16.1 Å². The van der Waals surface area contributed by atoms with Crippen molar-refractivity contribution in [3.63, 3.8) is 0 Å². The van der Waals surface area contributed by atoms with Gasteiger partial charge in [0, 0.05) is 20.3 Å². The highest BCUT2D eigenvalue weighted by Crippen LogP contribution is 2.17. The van der Waals surface area contributed by atoms with E-state index < -0.39 is 37.6 Å². The lowest BCUT2D eigenvalue weighted by Gasteiger charge is -2.24. The summed E-state index contributed by atoms with van der Waals surface area (Å²) in [6, 6.07) is 0.